The first-order valence-corrected chi connectivity index (χ1v) is 8.89. The molecule has 1 amide bonds. The maximum atomic E-state index is 12.0. The Bertz CT molecular complexity index is 668. The van der Waals surface area contributed by atoms with E-state index in [1.165, 1.54) is 17.3 Å². The van der Waals surface area contributed by atoms with E-state index >= 15 is 0 Å². The van der Waals surface area contributed by atoms with Crippen LogP contribution in [0.4, 0.5) is 0 Å². The van der Waals surface area contributed by atoms with Crippen molar-refractivity contribution in [2.75, 3.05) is 6.54 Å². The molecule has 1 aromatic carbocycles. The minimum atomic E-state index is -0.193. The molecule has 23 heavy (non-hydrogen) atoms. The van der Waals surface area contributed by atoms with Crippen LogP contribution in [0.25, 0.3) is 11.4 Å². The highest BCUT2D eigenvalue weighted by Crippen LogP contribution is 2.27. The molecular formula is C17H24N4OS. The van der Waals surface area contributed by atoms with Crippen LogP contribution in [0.2, 0.25) is 0 Å². The van der Waals surface area contributed by atoms with Gasteiger partial charge in [0.05, 0.1) is 5.25 Å². The lowest BCUT2D eigenvalue weighted by Crippen LogP contribution is -2.31. The van der Waals surface area contributed by atoms with Crippen molar-refractivity contribution in [2.24, 2.45) is 0 Å². The molecule has 124 valence electrons. The fraction of sp³-hybridized carbons (Fsp3) is 0.471. The van der Waals surface area contributed by atoms with Crippen molar-refractivity contribution in [3.63, 3.8) is 0 Å². The Morgan fingerprint density at radius 3 is 2.78 bits per heavy atom. The van der Waals surface area contributed by atoms with Crippen LogP contribution in [0.15, 0.2) is 29.4 Å². The van der Waals surface area contributed by atoms with Gasteiger partial charge in [0.2, 0.25) is 5.91 Å². The third-order valence-electron chi connectivity index (χ3n) is 3.51. The minimum absolute atomic E-state index is 0.0413. The molecule has 1 N–H and O–H groups in total. The average Bonchev–Trinajstić information content (AvgIpc) is 2.95. The summed E-state index contributed by atoms with van der Waals surface area (Å²) in [6.07, 6.45) is 0.936. The zero-order valence-electron chi connectivity index (χ0n) is 14.2. The van der Waals surface area contributed by atoms with Gasteiger partial charge in [0.15, 0.2) is 11.0 Å². The first kappa shape index (κ1) is 17.5. The number of hydrogen-bond acceptors (Lipinski definition) is 4. The Labute approximate surface area is 141 Å². The molecule has 0 saturated carbocycles. The second-order valence-corrected chi connectivity index (χ2v) is 6.78. The summed E-state index contributed by atoms with van der Waals surface area (Å²) in [6, 6.07) is 8.22. The second kappa shape index (κ2) is 8.15. The normalized spacial score (nSPS) is 12.2. The van der Waals surface area contributed by atoms with Gasteiger partial charge in [-0.3, -0.25) is 4.79 Å². The molecule has 0 spiro atoms. The van der Waals surface area contributed by atoms with Gasteiger partial charge in [-0.2, -0.15) is 0 Å². The van der Waals surface area contributed by atoms with Crippen LogP contribution >= 0.6 is 11.8 Å². The Balaban J connectivity index is 2.20. The summed E-state index contributed by atoms with van der Waals surface area (Å²) in [7, 11) is 0. The SMILES string of the molecule is CCCNC(=O)C(C)Sc1nnc(-c2cccc(C)c2)n1CC. The second-order valence-electron chi connectivity index (χ2n) is 5.47. The molecule has 6 heteroatoms. The van der Waals surface area contributed by atoms with Gasteiger partial charge in [0, 0.05) is 18.7 Å². The molecule has 1 heterocycles. The molecule has 1 unspecified atom stereocenters. The number of carbonyl (C=O) groups is 1. The standard InChI is InChI=1S/C17H24N4OS/c1-5-10-18-16(22)13(4)23-17-20-19-15(21(17)6-2)14-9-7-8-12(3)11-14/h7-9,11,13H,5-6,10H2,1-4H3,(H,18,22). The predicted octanol–water partition coefficient (Wildman–Crippen LogP) is 3.28. The molecular weight excluding hydrogens is 308 g/mol. The third-order valence-corrected chi connectivity index (χ3v) is 4.59. The van der Waals surface area contributed by atoms with Crippen molar-refractivity contribution in [3.05, 3.63) is 29.8 Å². The molecule has 0 fully saturated rings. The lowest BCUT2D eigenvalue weighted by molar-refractivity contribution is -0.120. The van der Waals surface area contributed by atoms with E-state index in [1.807, 2.05) is 26.0 Å². The van der Waals surface area contributed by atoms with Crippen LogP contribution in [0.5, 0.6) is 0 Å². The average molecular weight is 332 g/mol. The zero-order chi connectivity index (χ0) is 16.8. The van der Waals surface area contributed by atoms with E-state index in [9.17, 15) is 4.79 Å². The maximum absolute atomic E-state index is 12.0. The number of amides is 1. The molecule has 0 radical (unpaired) electrons. The highest BCUT2D eigenvalue weighted by atomic mass is 32.2. The van der Waals surface area contributed by atoms with Gasteiger partial charge in [0.25, 0.3) is 0 Å². The van der Waals surface area contributed by atoms with Crippen molar-refractivity contribution in [1.29, 1.82) is 0 Å². The number of aromatic nitrogens is 3. The minimum Gasteiger partial charge on any atom is -0.355 e. The summed E-state index contributed by atoms with van der Waals surface area (Å²) in [4.78, 5) is 12.0. The summed E-state index contributed by atoms with van der Waals surface area (Å²) in [5.74, 6) is 0.888. The van der Waals surface area contributed by atoms with Gasteiger partial charge < -0.3 is 9.88 Å². The van der Waals surface area contributed by atoms with E-state index in [0.717, 1.165) is 29.5 Å². The Morgan fingerprint density at radius 2 is 2.13 bits per heavy atom. The summed E-state index contributed by atoms with van der Waals surface area (Å²) < 4.78 is 2.06. The summed E-state index contributed by atoms with van der Waals surface area (Å²) in [5.41, 5.74) is 2.24. The van der Waals surface area contributed by atoms with E-state index in [0.29, 0.717) is 6.54 Å². The van der Waals surface area contributed by atoms with Crippen LogP contribution < -0.4 is 5.32 Å². The molecule has 0 aliphatic rings. The Kier molecular flexibility index (Phi) is 6.21. The van der Waals surface area contributed by atoms with Gasteiger partial charge in [0.1, 0.15) is 0 Å². The molecule has 0 saturated heterocycles. The van der Waals surface area contributed by atoms with Crippen LogP contribution in [0.1, 0.15) is 32.8 Å². The van der Waals surface area contributed by atoms with E-state index < -0.39 is 0 Å². The van der Waals surface area contributed by atoms with Crippen molar-refractivity contribution in [3.8, 4) is 11.4 Å². The maximum Gasteiger partial charge on any atom is 0.233 e. The van der Waals surface area contributed by atoms with Crippen LogP contribution in [-0.4, -0.2) is 32.5 Å². The highest BCUT2D eigenvalue weighted by molar-refractivity contribution is 8.00. The van der Waals surface area contributed by atoms with Crippen molar-refractivity contribution in [2.45, 2.75) is 51.1 Å². The molecule has 2 rings (SSSR count). The lowest BCUT2D eigenvalue weighted by atomic mass is 10.1. The first-order valence-electron chi connectivity index (χ1n) is 8.01. The monoisotopic (exact) mass is 332 g/mol. The van der Waals surface area contributed by atoms with E-state index in [2.05, 4.69) is 46.1 Å². The van der Waals surface area contributed by atoms with Gasteiger partial charge in [-0.15, -0.1) is 10.2 Å². The van der Waals surface area contributed by atoms with Crippen LogP contribution in [0.3, 0.4) is 0 Å². The first-order chi connectivity index (χ1) is 11.1. The number of aryl methyl sites for hydroxylation is 1. The molecule has 5 nitrogen and oxygen atoms in total. The van der Waals surface area contributed by atoms with E-state index in [-0.39, 0.29) is 11.2 Å². The summed E-state index contributed by atoms with van der Waals surface area (Å²) in [5, 5.41) is 12.1. The number of nitrogens with one attached hydrogen (secondary N) is 1. The van der Waals surface area contributed by atoms with Gasteiger partial charge >= 0.3 is 0 Å². The van der Waals surface area contributed by atoms with E-state index in [1.54, 1.807) is 0 Å². The number of carbonyl (C=O) groups excluding carboxylic acids is 1. The van der Waals surface area contributed by atoms with Crippen LogP contribution in [0, 0.1) is 6.92 Å². The third kappa shape index (κ3) is 4.34. The Morgan fingerprint density at radius 1 is 1.35 bits per heavy atom. The topological polar surface area (TPSA) is 59.8 Å². The summed E-state index contributed by atoms with van der Waals surface area (Å²) >= 11 is 1.45. The number of benzene rings is 1. The van der Waals surface area contributed by atoms with Gasteiger partial charge in [-0.1, -0.05) is 42.4 Å². The Hall–Kier alpha value is -1.82. The van der Waals surface area contributed by atoms with E-state index in [4.69, 9.17) is 0 Å². The predicted molar refractivity (Wildman–Crippen MR) is 94.5 cm³/mol. The molecule has 0 aliphatic carbocycles. The largest absolute Gasteiger partial charge is 0.355 e. The molecule has 0 aliphatic heterocycles. The number of nitrogens with zero attached hydrogens (tertiary/aromatic N) is 3. The smallest absolute Gasteiger partial charge is 0.233 e. The summed E-state index contributed by atoms with van der Waals surface area (Å²) in [6.45, 7) is 9.54. The van der Waals surface area contributed by atoms with Gasteiger partial charge in [-0.05, 0) is 33.3 Å². The van der Waals surface area contributed by atoms with Crippen molar-refractivity contribution >= 4 is 17.7 Å². The fourth-order valence-corrected chi connectivity index (χ4v) is 3.20. The lowest BCUT2D eigenvalue weighted by Gasteiger charge is -2.12. The molecule has 1 atom stereocenters. The zero-order valence-corrected chi connectivity index (χ0v) is 15.0. The quantitative estimate of drug-likeness (QED) is 0.791. The van der Waals surface area contributed by atoms with Crippen molar-refractivity contribution in [1.82, 2.24) is 20.1 Å². The fourth-order valence-electron chi connectivity index (χ4n) is 2.26. The number of hydrogen-bond donors (Lipinski definition) is 1. The molecule has 2 aromatic rings. The molecule has 1 aromatic heterocycles. The number of thioether (sulfide) groups is 1. The van der Waals surface area contributed by atoms with Crippen LogP contribution in [-0.2, 0) is 11.3 Å². The highest BCUT2D eigenvalue weighted by Gasteiger charge is 2.19. The van der Waals surface area contributed by atoms with Crippen molar-refractivity contribution < 1.29 is 4.79 Å². The number of rotatable bonds is 7. The molecule has 0 bridgehead atoms. The van der Waals surface area contributed by atoms with Gasteiger partial charge in [-0.25, -0.2) is 0 Å².